The Labute approximate surface area is 117 Å². The van der Waals surface area contributed by atoms with E-state index in [1.165, 1.54) is 51.4 Å². The predicted octanol–water partition coefficient (Wildman–Crippen LogP) is 2.47. The first-order chi connectivity index (χ1) is 9.30. The molecule has 3 saturated carbocycles. The zero-order chi connectivity index (χ0) is 13.3. The molecule has 0 aliphatic heterocycles. The van der Waals surface area contributed by atoms with Crippen LogP contribution in [0.2, 0.25) is 0 Å². The van der Waals surface area contributed by atoms with E-state index < -0.39 is 0 Å². The van der Waals surface area contributed by atoms with Crippen molar-refractivity contribution in [2.75, 3.05) is 13.2 Å². The highest BCUT2D eigenvalue weighted by atomic mass is 16.5. The van der Waals surface area contributed by atoms with Gasteiger partial charge in [0.2, 0.25) is 0 Å². The molecule has 4 unspecified atom stereocenters. The second-order valence-electron chi connectivity index (χ2n) is 6.82. The minimum Gasteiger partial charge on any atom is -0.396 e. The largest absolute Gasteiger partial charge is 0.396 e. The fourth-order valence-corrected chi connectivity index (χ4v) is 4.58. The third-order valence-corrected chi connectivity index (χ3v) is 6.00. The van der Waals surface area contributed by atoms with E-state index in [-0.39, 0.29) is 0 Å². The molecule has 110 valence electrons. The Morgan fingerprint density at radius 1 is 1.21 bits per heavy atom. The molecule has 0 amide bonds. The highest BCUT2D eigenvalue weighted by molar-refractivity contribution is 5.13. The Morgan fingerprint density at radius 2 is 2.00 bits per heavy atom. The summed E-state index contributed by atoms with van der Waals surface area (Å²) in [4.78, 5) is 0. The highest BCUT2D eigenvalue weighted by Crippen LogP contribution is 2.57. The predicted molar refractivity (Wildman–Crippen MR) is 76.1 cm³/mol. The summed E-state index contributed by atoms with van der Waals surface area (Å²) in [5, 5.41) is 13.4. The molecule has 3 rings (SSSR count). The van der Waals surface area contributed by atoms with Gasteiger partial charge in [-0.1, -0.05) is 19.3 Å². The Balaban J connectivity index is 1.58. The summed E-state index contributed by atoms with van der Waals surface area (Å²) in [6.45, 7) is 3.31. The second kappa shape index (κ2) is 5.71. The van der Waals surface area contributed by atoms with Crippen LogP contribution in [0.4, 0.5) is 0 Å². The third kappa shape index (κ3) is 2.34. The molecule has 0 bridgehead atoms. The van der Waals surface area contributed by atoms with E-state index in [4.69, 9.17) is 4.74 Å². The maximum Gasteiger partial charge on any atom is 0.0661 e. The standard InChI is InChI=1S/C16H29NO2/c1-2-19-15-10-14(16(15)8-5-9-16)17-13-7-4-3-6-12(13)11-18/h12-15,17-18H,2-11H2,1H3. The van der Waals surface area contributed by atoms with Crippen LogP contribution in [0.1, 0.15) is 58.3 Å². The molecule has 0 saturated heterocycles. The van der Waals surface area contributed by atoms with Crippen molar-refractivity contribution in [1.29, 1.82) is 0 Å². The number of aliphatic hydroxyl groups is 1. The van der Waals surface area contributed by atoms with E-state index in [1.54, 1.807) is 0 Å². The second-order valence-corrected chi connectivity index (χ2v) is 6.82. The maximum atomic E-state index is 9.54. The van der Waals surface area contributed by atoms with Crippen LogP contribution in [0.5, 0.6) is 0 Å². The third-order valence-electron chi connectivity index (χ3n) is 6.00. The molecular weight excluding hydrogens is 238 g/mol. The fraction of sp³-hybridized carbons (Fsp3) is 1.00. The number of nitrogens with one attached hydrogen (secondary N) is 1. The minimum atomic E-state index is 0.353. The number of hydrogen-bond acceptors (Lipinski definition) is 3. The summed E-state index contributed by atoms with van der Waals surface area (Å²) < 4.78 is 5.92. The first kappa shape index (κ1) is 13.8. The smallest absolute Gasteiger partial charge is 0.0661 e. The molecule has 19 heavy (non-hydrogen) atoms. The van der Waals surface area contributed by atoms with Gasteiger partial charge in [-0.3, -0.25) is 0 Å². The van der Waals surface area contributed by atoms with E-state index >= 15 is 0 Å². The van der Waals surface area contributed by atoms with Gasteiger partial charge in [0.1, 0.15) is 0 Å². The van der Waals surface area contributed by atoms with Crippen molar-refractivity contribution in [3.05, 3.63) is 0 Å². The number of ether oxygens (including phenoxy) is 1. The summed E-state index contributed by atoms with van der Waals surface area (Å²) in [6.07, 6.45) is 10.8. The van der Waals surface area contributed by atoms with Gasteiger partial charge in [-0.2, -0.15) is 0 Å². The molecule has 3 aliphatic carbocycles. The summed E-state index contributed by atoms with van der Waals surface area (Å²) >= 11 is 0. The van der Waals surface area contributed by atoms with Crippen molar-refractivity contribution in [3.63, 3.8) is 0 Å². The van der Waals surface area contributed by atoms with Gasteiger partial charge in [0.05, 0.1) is 6.10 Å². The van der Waals surface area contributed by atoms with E-state index in [2.05, 4.69) is 12.2 Å². The van der Waals surface area contributed by atoms with E-state index in [0.717, 1.165) is 6.61 Å². The van der Waals surface area contributed by atoms with Crippen molar-refractivity contribution in [2.45, 2.75) is 76.5 Å². The van der Waals surface area contributed by atoms with E-state index in [0.29, 0.717) is 36.1 Å². The van der Waals surface area contributed by atoms with Crippen molar-refractivity contribution >= 4 is 0 Å². The van der Waals surface area contributed by atoms with Gasteiger partial charge in [-0.15, -0.1) is 0 Å². The van der Waals surface area contributed by atoms with Crippen LogP contribution in [0, 0.1) is 11.3 Å². The Kier molecular flexibility index (Phi) is 4.16. The normalized spacial score (nSPS) is 40.7. The van der Waals surface area contributed by atoms with Gasteiger partial charge in [0, 0.05) is 30.7 Å². The highest BCUT2D eigenvalue weighted by Gasteiger charge is 2.59. The van der Waals surface area contributed by atoms with Gasteiger partial charge in [0.15, 0.2) is 0 Å². The lowest BCUT2D eigenvalue weighted by Crippen LogP contribution is -2.69. The molecule has 4 atom stereocenters. The number of rotatable bonds is 5. The first-order valence-corrected chi connectivity index (χ1v) is 8.28. The average Bonchev–Trinajstić information content (AvgIpc) is 2.36. The number of aliphatic hydroxyl groups excluding tert-OH is 1. The summed E-state index contributed by atoms with van der Waals surface area (Å²) in [7, 11) is 0. The molecule has 3 fully saturated rings. The minimum absolute atomic E-state index is 0.353. The van der Waals surface area contributed by atoms with Gasteiger partial charge in [0.25, 0.3) is 0 Å². The number of hydrogen-bond donors (Lipinski definition) is 2. The van der Waals surface area contributed by atoms with Gasteiger partial charge >= 0.3 is 0 Å². The summed E-state index contributed by atoms with van der Waals surface area (Å²) in [6, 6.07) is 1.19. The van der Waals surface area contributed by atoms with Crippen LogP contribution in [-0.2, 0) is 4.74 Å². The first-order valence-electron chi connectivity index (χ1n) is 8.28. The van der Waals surface area contributed by atoms with Crippen LogP contribution in [0.3, 0.4) is 0 Å². The van der Waals surface area contributed by atoms with Gasteiger partial charge in [-0.05, 0) is 44.9 Å². The van der Waals surface area contributed by atoms with Crippen molar-refractivity contribution in [1.82, 2.24) is 5.32 Å². The van der Waals surface area contributed by atoms with Gasteiger partial charge < -0.3 is 15.2 Å². The Bertz CT molecular complexity index is 303. The quantitative estimate of drug-likeness (QED) is 0.804. The van der Waals surface area contributed by atoms with Crippen molar-refractivity contribution in [2.24, 2.45) is 11.3 Å². The lowest BCUT2D eigenvalue weighted by atomic mass is 9.50. The van der Waals surface area contributed by atoms with E-state index in [1.807, 2.05) is 0 Å². The summed E-state index contributed by atoms with van der Waals surface area (Å²) in [5.74, 6) is 0.483. The molecule has 0 aromatic carbocycles. The molecule has 0 aromatic rings. The lowest BCUT2D eigenvalue weighted by molar-refractivity contribution is -0.176. The summed E-state index contributed by atoms with van der Waals surface area (Å²) in [5.41, 5.74) is 0.452. The Hall–Kier alpha value is -0.120. The topological polar surface area (TPSA) is 41.5 Å². The van der Waals surface area contributed by atoms with Crippen LogP contribution in [0.15, 0.2) is 0 Å². The molecule has 1 spiro atoms. The molecule has 0 heterocycles. The molecule has 2 N–H and O–H groups in total. The zero-order valence-corrected chi connectivity index (χ0v) is 12.2. The molecule has 0 radical (unpaired) electrons. The SMILES string of the molecule is CCOC1CC(NC2CCCCC2CO)C12CCC2. The fourth-order valence-electron chi connectivity index (χ4n) is 4.58. The van der Waals surface area contributed by atoms with Gasteiger partial charge in [-0.25, -0.2) is 0 Å². The zero-order valence-electron chi connectivity index (χ0n) is 12.2. The Morgan fingerprint density at radius 3 is 2.63 bits per heavy atom. The monoisotopic (exact) mass is 267 g/mol. The lowest BCUT2D eigenvalue weighted by Gasteiger charge is -2.62. The molecule has 3 heteroatoms. The molecule has 3 nitrogen and oxygen atoms in total. The van der Waals surface area contributed by atoms with Crippen molar-refractivity contribution in [3.8, 4) is 0 Å². The average molecular weight is 267 g/mol. The molecular formula is C16H29NO2. The molecule has 0 aromatic heterocycles. The maximum absolute atomic E-state index is 9.54. The van der Waals surface area contributed by atoms with Crippen LogP contribution in [0.25, 0.3) is 0 Å². The van der Waals surface area contributed by atoms with Crippen LogP contribution in [-0.4, -0.2) is 36.5 Å². The van der Waals surface area contributed by atoms with Crippen LogP contribution >= 0.6 is 0 Å². The van der Waals surface area contributed by atoms with E-state index in [9.17, 15) is 5.11 Å². The van der Waals surface area contributed by atoms with Crippen molar-refractivity contribution < 1.29 is 9.84 Å². The molecule has 3 aliphatic rings. The van der Waals surface area contributed by atoms with Crippen LogP contribution < -0.4 is 5.32 Å².